The normalized spacial score (nSPS) is 11.6. The lowest BCUT2D eigenvalue weighted by molar-refractivity contribution is -0.121. The number of carbonyl (C=O) groups excluding carboxylic acids is 2. The number of nitrogens with zero attached hydrogens (tertiary/aromatic N) is 1. The van der Waals surface area contributed by atoms with Crippen LogP contribution in [0.2, 0.25) is 0 Å². The smallest absolute Gasteiger partial charge is 0.245 e. The average Bonchev–Trinajstić information content (AvgIpc) is 2.37. The molecule has 1 unspecified atom stereocenters. The molecule has 1 N–H and O–H groups in total. The first-order chi connectivity index (χ1) is 9.38. The molecule has 0 aliphatic heterocycles. The predicted molar refractivity (Wildman–Crippen MR) is 77.4 cm³/mol. The molecule has 1 aromatic rings. The summed E-state index contributed by atoms with van der Waals surface area (Å²) in [5, 5.41) is 11.3. The molecule has 20 heavy (non-hydrogen) atoms. The van der Waals surface area contributed by atoms with Crippen molar-refractivity contribution in [2.24, 2.45) is 5.92 Å². The van der Waals surface area contributed by atoms with Gasteiger partial charge in [0.2, 0.25) is 5.91 Å². The highest BCUT2D eigenvalue weighted by molar-refractivity contribution is 9.10. The molecule has 0 heterocycles. The van der Waals surface area contributed by atoms with Crippen LogP contribution >= 0.6 is 15.9 Å². The summed E-state index contributed by atoms with van der Waals surface area (Å²) in [6.45, 7) is 3.73. The monoisotopic (exact) mass is 338 g/mol. The van der Waals surface area contributed by atoms with Crippen LogP contribution in [0.25, 0.3) is 0 Å². The van der Waals surface area contributed by atoms with Gasteiger partial charge in [-0.05, 0) is 32.0 Å². The van der Waals surface area contributed by atoms with Crippen LogP contribution in [0.1, 0.15) is 24.2 Å². The Morgan fingerprint density at radius 3 is 2.50 bits per heavy atom. The van der Waals surface area contributed by atoms with Crippen molar-refractivity contribution in [2.75, 3.05) is 7.05 Å². The summed E-state index contributed by atoms with van der Waals surface area (Å²) in [6, 6.07) is 6.52. The average molecular weight is 339 g/mol. The number of hydrogen-bond donors (Lipinski definition) is 1. The van der Waals surface area contributed by atoms with Crippen molar-refractivity contribution >= 4 is 27.6 Å². The summed E-state index contributed by atoms with van der Waals surface area (Å²) in [5.41, 5.74) is 0.255. The molecular weight excluding hydrogens is 324 g/mol. The number of halogens is 1. The molecule has 1 rings (SSSR count). The number of nitrogens with one attached hydrogen (secondary N) is 1. The van der Waals surface area contributed by atoms with Gasteiger partial charge in [-0.3, -0.25) is 9.59 Å². The molecule has 1 atom stereocenters. The first-order valence-corrected chi connectivity index (χ1v) is 6.81. The number of benzene rings is 1. The van der Waals surface area contributed by atoms with Crippen molar-refractivity contribution in [2.45, 2.75) is 20.0 Å². The molecule has 0 saturated heterocycles. The van der Waals surface area contributed by atoms with Crippen LogP contribution in [0.5, 0.6) is 5.75 Å². The lowest BCUT2D eigenvalue weighted by atomic mass is 9.98. The highest BCUT2D eigenvalue weighted by Gasteiger charge is 2.27. The van der Waals surface area contributed by atoms with E-state index in [1.54, 1.807) is 18.2 Å². The van der Waals surface area contributed by atoms with E-state index in [2.05, 4.69) is 21.2 Å². The first kappa shape index (κ1) is 16.2. The Morgan fingerprint density at radius 2 is 2.00 bits per heavy atom. The third-order valence-electron chi connectivity index (χ3n) is 2.43. The lowest BCUT2D eigenvalue weighted by Crippen LogP contribution is -2.32. The van der Waals surface area contributed by atoms with Gasteiger partial charge in [0.25, 0.3) is 0 Å². The fourth-order valence-corrected chi connectivity index (χ4v) is 2.06. The van der Waals surface area contributed by atoms with Crippen LogP contribution < -0.4 is 10.1 Å². The zero-order valence-electron chi connectivity index (χ0n) is 11.4. The van der Waals surface area contributed by atoms with E-state index in [0.717, 1.165) is 0 Å². The summed E-state index contributed by atoms with van der Waals surface area (Å²) in [6.07, 6.45) is -0.0436. The maximum absolute atomic E-state index is 12.2. The molecule has 0 aromatic heterocycles. The summed E-state index contributed by atoms with van der Waals surface area (Å²) in [7, 11) is 1.38. The van der Waals surface area contributed by atoms with Gasteiger partial charge in [-0.2, -0.15) is 5.26 Å². The quantitative estimate of drug-likeness (QED) is 0.659. The van der Waals surface area contributed by atoms with Crippen LogP contribution in [-0.4, -0.2) is 24.8 Å². The molecule has 0 spiro atoms. The van der Waals surface area contributed by atoms with Gasteiger partial charge in [-0.15, -0.1) is 0 Å². The Balaban J connectivity index is 3.12. The minimum absolute atomic E-state index is 0.0436. The van der Waals surface area contributed by atoms with Gasteiger partial charge in [-0.25, -0.2) is 0 Å². The van der Waals surface area contributed by atoms with Crippen LogP contribution in [-0.2, 0) is 4.79 Å². The van der Waals surface area contributed by atoms with Gasteiger partial charge in [0.1, 0.15) is 5.75 Å². The number of Topliss-reactive ketones (excluding diaryl/α,β-unsaturated/α-hetero) is 1. The van der Waals surface area contributed by atoms with E-state index in [1.807, 2.05) is 13.8 Å². The third-order valence-corrected chi connectivity index (χ3v) is 2.89. The predicted octanol–water partition coefficient (Wildman–Crippen LogP) is 2.30. The van der Waals surface area contributed by atoms with Gasteiger partial charge in [-0.1, -0.05) is 15.9 Å². The second kappa shape index (κ2) is 7.06. The van der Waals surface area contributed by atoms with Gasteiger partial charge < -0.3 is 10.1 Å². The zero-order valence-corrected chi connectivity index (χ0v) is 13.0. The Hall–Kier alpha value is -1.87. The zero-order chi connectivity index (χ0) is 15.3. The summed E-state index contributed by atoms with van der Waals surface area (Å²) in [4.78, 5) is 23.7. The molecule has 106 valence electrons. The molecule has 1 amide bonds. The number of ketones is 1. The maximum atomic E-state index is 12.2. The molecule has 5 nitrogen and oxygen atoms in total. The van der Waals surface area contributed by atoms with E-state index in [1.165, 1.54) is 13.1 Å². The molecule has 0 fully saturated rings. The van der Waals surface area contributed by atoms with E-state index >= 15 is 0 Å². The molecule has 1 aromatic carbocycles. The number of hydrogen-bond acceptors (Lipinski definition) is 4. The lowest BCUT2D eigenvalue weighted by Gasteiger charge is -2.12. The molecule has 0 bridgehead atoms. The second-order valence-corrected chi connectivity index (χ2v) is 5.30. The van der Waals surface area contributed by atoms with Crippen molar-refractivity contribution in [3.8, 4) is 11.8 Å². The van der Waals surface area contributed by atoms with Crippen molar-refractivity contribution < 1.29 is 14.3 Å². The van der Waals surface area contributed by atoms with Crippen LogP contribution in [0, 0.1) is 17.2 Å². The van der Waals surface area contributed by atoms with E-state index in [9.17, 15) is 9.59 Å². The van der Waals surface area contributed by atoms with Gasteiger partial charge in [0, 0.05) is 17.1 Å². The highest BCUT2D eigenvalue weighted by Crippen LogP contribution is 2.24. The van der Waals surface area contributed by atoms with Gasteiger partial charge in [0.05, 0.1) is 12.2 Å². The minimum atomic E-state index is -1.36. The number of carbonyl (C=O) groups is 2. The fourth-order valence-electron chi connectivity index (χ4n) is 1.59. The van der Waals surface area contributed by atoms with Crippen LogP contribution in [0.3, 0.4) is 0 Å². The Labute approximate surface area is 126 Å². The second-order valence-electron chi connectivity index (χ2n) is 4.38. The summed E-state index contributed by atoms with van der Waals surface area (Å²) < 4.78 is 6.17. The molecular formula is C14H15BrN2O3. The van der Waals surface area contributed by atoms with E-state index in [0.29, 0.717) is 10.2 Å². The Kier molecular flexibility index (Phi) is 5.71. The molecule has 0 radical (unpaired) electrons. The Bertz CT molecular complexity index is 564. The van der Waals surface area contributed by atoms with Crippen molar-refractivity contribution in [1.29, 1.82) is 5.26 Å². The molecule has 6 heteroatoms. The molecule has 0 aliphatic rings. The summed E-state index contributed by atoms with van der Waals surface area (Å²) in [5.74, 6) is -2.03. The van der Waals surface area contributed by atoms with E-state index in [4.69, 9.17) is 10.00 Å². The van der Waals surface area contributed by atoms with Gasteiger partial charge in [0.15, 0.2) is 11.7 Å². The number of amides is 1. The highest BCUT2D eigenvalue weighted by atomic mass is 79.9. The summed E-state index contributed by atoms with van der Waals surface area (Å²) >= 11 is 3.28. The van der Waals surface area contributed by atoms with Crippen molar-refractivity contribution in [3.05, 3.63) is 28.2 Å². The molecule has 0 aliphatic carbocycles. The Morgan fingerprint density at radius 1 is 1.35 bits per heavy atom. The SMILES string of the molecule is CNC(=O)C(C#N)C(=O)c1cc(Br)cc(OC(C)C)c1. The molecule has 0 saturated carbocycles. The fraction of sp³-hybridized carbons (Fsp3) is 0.357. The standard InChI is InChI=1S/C14H15BrN2O3/c1-8(2)20-11-5-9(4-10(15)6-11)13(18)12(7-16)14(19)17-3/h4-6,8,12H,1-3H3,(H,17,19). The van der Waals surface area contributed by atoms with Crippen molar-refractivity contribution in [1.82, 2.24) is 5.32 Å². The van der Waals surface area contributed by atoms with Gasteiger partial charge >= 0.3 is 0 Å². The largest absolute Gasteiger partial charge is 0.491 e. The van der Waals surface area contributed by atoms with Crippen LogP contribution in [0.15, 0.2) is 22.7 Å². The number of ether oxygens (including phenoxy) is 1. The van der Waals surface area contributed by atoms with E-state index in [-0.39, 0.29) is 11.7 Å². The van der Waals surface area contributed by atoms with Crippen molar-refractivity contribution in [3.63, 3.8) is 0 Å². The topological polar surface area (TPSA) is 79.2 Å². The first-order valence-electron chi connectivity index (χ1n) is 6.01. The maximum Gasteiger partial charge on any atom is 0.245 e. The minimum Gasteiger partial charge on any atom is -0.491 e. The third kappa shape index (κ3) is 4.07. The van der Waals surface area contributed by atoms with E-state index < -0.39 is 17.6 Å². The van der Waals surface area contributed by atoms with Crippen LogP contribution in [0.4, 0.5) is 0 Å². The number of rotatable bonds is 5. The number of nitriles is 1.